The molecule has 0 bridgehead atoms. The predicted octanol–water partition coefficient (Wildman–Crippen LogP) is 6.02. The van der Waals surface area contributed by atoms with Crippen LogP contribution in [0.2, 0.25) is 0 Å². The zero-order chi connectivity index (χ0) is 26.1. The van der Waals surface area contributed by atoms with Gasteiger partial charge in [0, 0.05) is 24.7 Å². The van der Waals surface area contributed by atoms with Crippen molar-refractivity contribution in [1.29, 1.82) is 0 Å². The third kappa shape index (κ3) is 7.39. The van der Waals surface area contributed by atoms with Crippen molar-refractivity contribution in [3.8, 4) is 16.9 Å². The summed E-state index contributed by atoms with van der Waals surface area (Å²) in [6.07, 6.45) is 4.43. The number of ether oxygens (including phenoxy) is 1. The Labute approximate surface area is 215 Å². The van der Waals surface area contributed by atoms with Gasteiger partial charge in [0.1, 0.15) is 5.75 Å². The maximum Gasteiger partial charge on any atom is 0.338 e. The van der Waals surface area contributed by atoms with Gasteiger partial charge in [-0.3, -0.25) is 0 Å². The van der Waals surface area contributed by atoms with E-state index in [4.69, 9.17) is 4.74 Å². The van der Waals surface area contributed by atoms with Gasteiger partial charge < -0.3 is 14.9 Å². The summed E-state index contributed by atoms with van der Waals surface area (Å²) in [5, 5.41) is 18.7. The van der Waals surface area contributed by atoms with Gasteiger partial charge in [-0.25, -0.2) is 4.79 Å². The number of carbonyl (C=O) groups is 1. The topological polar surface area (TPSA) is 66.8 Å². The minimum atomic E-state index is -0.406. The summed E-state index contributed by atoms with van der Waals surface area (Å²) in [5.41, 5.74) is 9.23. The maximum atomic E-state index is 11.7. The number of aliphatic hydroxyl groups excluding tert-OH is 2. The molecule has 0 spiro atoms. The molecule has 0 atom stereocenters. The van der Waals surface area contributed by atoms with Crippen LogP contribution in [0.4, 0.5) is 0 Å². The van der Waals surface area contributed by atoms with Crippen LogP contribution in [-0.4, -0.2) is 29.4 Å². The molecule has 2 N–H and O–H groups in total. The van der Waals surface area contributed by atoms with Crippen LogP contribution < -0.4 is 4.74 Å². The number of rotatable bonds is 12. The molecular weight excluding hydrogens is 448 g/mol. The average molecular weight is 487 g/mol. The van der Waals surface area contributed by atoms with Crippen molar-refractivity contribution in [2.45, 2.75) is 52.9 Å². The zero-order valence-corrected chi connectivity index (χ0v) is 21.7. The molecule has 0 unspecified atom stereocenters. The molecule has 0 aliphatic carbocycles. The summed E-state index contributed by atoms with van der Waals surface area (Å²) in [6.45, 7) is 9.64. The van der Waals surface area contributed by atoms with Crippen molar-refractivity contribution in [1.82, 2.24) is 0 Å². The highest BCUT2D eigenvalue weighted by Gasteiger charge is 2.11. The monoisotopic (exact) mass is 486 g/mol. The second kappa shape index (κ2) is 13.2. The molecule has 0 heterocycles. The number of hydrogen-bond donors (Lipinski definition) is 2. The van der Waals surface area contributed by atoms with E-state index in [9.17, 15) is 15.0 Å². The van der Waals surface area contributed by atoms with E-state index in [1.54, 1.807) is 6.92 Å². The molecule has 3 rings (SSSR count). The van der Waals surface area contributed by atoms with E-state index >= 15 is 0 Å². The van der Waals surface area contributed by atoms with Crippen LogP contribution in [0.3, 0.4) is 0 Å². The van der Waals surface area contributed by atoms with Gasteiger partial charge in [0.15, 0.2) is 0 Å². The highest BCUT2D eigenvalue weighted by Crippen LogP contribution is 2.30. The number of carbonyl (C=O) groups excluding carboxylic acids is 1. The Morgan fingerprint density at radius 3 is 2.03 bits per heavy atom. The molecule has 0 aliphatic heterocycles. The Morgan fingerprint density at radius 1 is 0.861 bits per heavy atom. The van der Waals surface area contributed by atoms with Crippen LogP contribution in [0.1, 0.15) is 48.1 Å². The third-order valence-electron chi connectivity index (χ3n) is 6.67. The Morgan fingerprint density at radius 2 is 1.44 bits per heavy atom. The standard InChI is InChI=1S/C32H38O4/c1-5-28-19-26(8-9-27(20-33)21-34)13-17-31(28)30-16-12-25(18-23(30)4)7-6-24-10-14-29(15-11-24)36-32(35)22(2)3/h10-19,27,33-34H,2,5-9,20-21H2,1,3-4H3. The molecule has 3 aromatic rings. The number of esters is 1. The maximum absolute atomic E-state index is 11.7. The predicted molar refractivity (Wildman–Crippen MR) is 146 cm³/mol. The minimum absolute atomic E-state index is 0.0248. The van der Waals surface area contributed by atoms with E-state index in [0.717, 1.165) is 32.1 Å². The molecule has 0 aliphatic rings. The summed E-state index contributed by atoms with van der Waals surface area (Å²) >= 11 is 0. The van der Waals surface area contributed by atoms with Gasteiger partial charge in [0.05, 0.1) is 0 Å². The van der Waals surface area contributed by atoms with Crippen LogP contribution >= 0.6 is 0 Å². The summed E-state index contributed by atoms with van der Waals surface area (Å²) in [7, 11) is 0. The van der Waals surface area contributed by atoms with Crippen LogP contribution in [0, 0.1) is 12.8 Å². The van der Waals surface area contributed by atoms with Crippen molar-refractivity contribution >= 4 is 5.97 Å². The van der Waals surface area contributed by atoms with Crippen molar-refractivity contribution in [3.63, 3.8) is 0 Å². The lowest BCUT2D eigenvalue weighted by Crippen LogP contribution is -2.12. The second-order valence-electron chi connectivity index (χ2n) is 9.58. The first-order chi connectivity index (χ1) is 17.3. The summed E-state index contributed by atoms with van der Waals surface area (Å²) in [5.74, 6) is 0.0732. The summed E-state index contributed by atoms with van der Waals surface area (Å²) in [6, 6.07) is 21.0. The smallest absolute Gasteiger partial charge is 0.338 e. The van der Waals surface area contributed by atoms with Gasteiger partial charge in [-0.15, -0.1) is 0 Å². The van der Waals surface area contributed by atoms with E-state index in [1.807, 2.05) is 24.3 Å². The molecule has 36 heavy (non-hydrogen) atoms. The highest BCUT2D eigenvalue weighted by molar-refractivity contribution is 5.88. The van der Waals surface area contributed by atoms with Crippen LogP contribution in [0.5, 0.6) is 5.75 Å². The number of aryl methyl sites for hydroxylation is 5. The van der Waals surface area contributed by atoms with Crippen molar-refractivity contribution in [3.05, 3.63) is 101 Å². The van der Waals surface area contributed by atoms with E-state index in [0.29, 0.717) is 11.3 Å². The molecule has 3 aromatic carbocycles. The third-order valence-corrected chi connectivity index (χ3v) is 6.67. The Bertz CT molecular complexity index is 1170. The lowest BCUT2D eigenvalue weighted by molar-refractivity contribution is -0.130. The number of hydrogen-bond acceptors (Lipinski definition) is 4. The molecule has 0 saturated carbocycles. The van der Waals surface area contributed by atoms with Gasteiger partial charge in [-0.1, -0.05) is 62.0 Å². The van der Waals surface area contributed by atoms with Gasteiger partial charge in [-0.2, -0.15) is 0 Å². The van der Waals surface area contributed by atoms with Crippen molar-refractivity contribution in [2.24, 2.45) is 5.92 Å². The molecule has 4 nitrogen and oxygen atoms in total. The van der Waals surface area contributed by atoms with Crippen molar-refractivity contribution < 1.29 is 19.7 Å². The summed E-state index contributed by atoms with van der Waals surface area (Å²) < 4.78 is 5.27. The van der Waals surface area contributed by atoms with Gasteiger partial charge >= 0.3 is 5.97 Å². The fraction of sp³-hybridized carbons (Fsp3) is 0.344. The van der Waals surface area contributed by atoms with Crippen LogP contribution in [-0.2, 0) is 30.5 Å². The molecular formula is C32H38O4. The fourth-order valence-electron chi connectivity index (χ4n) is 4.36. The first kappa shape index (κ1) is 27.4. The van der Waals surface area contributed by atoms with Gasteiger partial charge in [0.2, 0.25) is 0 Å². The zero-order valence-electron chi connectivity index (χ0n) is 21.7. The molecule has 0 amide bonds. The first-order valence-electron chi connectivity index (χ1n) is 12.7. The van der Waals surface area contributed by atoms with Crippen LogP contribution in [0.15, 0.2) is 72.8 Å². The highest BCUT2D eigenvalue weighted by atomic mass is 16.5. The quantitative estimate of drug-likeness (QED) is 0.186. The lowest BCUT2D eigenvalue weighted by Gasteiger charge is -2.15. The second-order valence-corrected chi connectivity index (χ2v) is 9.58. The van der Waals surface area contributed by atoms with E-state index < -0.39 is 5.97 Å². The molecule has 4 heteroatoms. The average Bonchev–Trinajstić information content (AvgIpc) is 2.89. The fourth-order valence-corrected chi connectivity index (χ4v) is 4.36. The van der Waals surface area contributed by atoms with E-state index in [-0.39, 0.29) is 19.1 Å². The Balaban J connectivity index is 1.66. The molecule has 0 saturated heterocycles. The molecule has 0 fully saturated rings. The Kier molecular flexibility index (Phi) is 10.0. The minimum Gasteiger partial charge on any atom is -0.423 e. The largest absolute Gasteiger partial charge is 0.423 e. The van der Waals surface area contributed by atoms with E-state index in [2.05, 4.69) is 56.8 Å². The van der Waals surface area contributed by atoms with Crippen molar-refractivity contribution in [2.75, 3.05) is 13.2 Å². The Hall–Kier alpha value is -3.21. The normalized spacial score (nSPS) is 11.1. The molecule has 190 valence electrons. The van der Waals surface area contributed by atoms with E-state index in [1.165, 1.54) is 38.9 Å². The first-order valence-corrected chi connectivity index (χ1v) is 12.7. The van der Waals surface area contributed by atoms with Gasteiger partial charge in [0.25, 0.3) is 0 Å². The SMILES string of the molecule is C=C(C)C(=O)Oc1ccc(CCc2ccc(-c3ccc(CCC(CO)CO)cc3CC)c(C)c2)cc1. The van der Waals surface area contributed by atoms with Crippen LogP contribution in [0.25, 0.3) is 11.1 Å². The lowest BCUT2D eigenvalue weighted by atomic mass is 9.90. The number of benzene rings is 3. The molecule has 0 aromatic heterocycles. The van der Waals surface area contributed by atoms with Gasteiger partial charge in [-0.05, 0) is 97.0 Å². The number of aliphatic hydroxyl groups is 2. The summed E-state index contributed by atoms with van der Waals surface area (Å²) in [4.78, 5) is 11.7. The molecule has 0 radical (unpaired) electrons.